The molecule has 2 atom stereocenters. The van der Waals surface area contributed by atoms with E-state index in [1.807, 2.05) is 30.3 Å². The predicted octanol–water partition coefficient (Wildman–Crippen LogP) is 3.65. The SMILES string of the molecule is COC(=O)[C@H]1C(=O)CCC=C(C)CC[C@@H]1c1ccccc1. The summed E-state index contributed by atoms with van der Waals surface area (Å²) >= 11 is 0. The summed E-state index contributed by atoms with van der Waals surface area (Å²) < 4.78 is 4.90. The molecule has 0 unspecified atom stereocenters. The van der Waals surface area contributed by atoms with Crippen molar-refractivity contribution < 1.29 is 14.3 Å². The first-order chi connectivity index (χ1) is 10.1. The van der Waals surface area contributed by atoms with Crippen molar-refractivity contribution in [3.63, 3.8) is 0 Å². The molecule has 21 heavy (non-hydrogen) atoms. The highest BCUT2D eigenvalue weighted by atomic mass is 16.5. The maximum atomic E-state index is 12.5. The number of carbonyl (C=O) groups excluding carboxylic acids is 2. The first-order valence-electron chi connectivity index (χ1n) is 7.44. The third kappa shape index (κ3) is 3.81. The van der Waals surface area contributed by atoms with E-state index < -0.39 is 11.9 Å². The fourth-order valence-corrected chi connectivity index (χ4v) is 2.97. The molecule has 0 radical (unpaired) electrons. The van der Waals surface area contributed by atoms with Crippen LogP contribution >= 0.6 is 0 Å². The zero-order valence-corrected chi connectivity index (χ0v) is 12.7. The van der Waals surface area contributed by atoms with Crippen LogP contribution in [0.4, 0.5) is 0 Å². The van der Waals surface area contributed by atoms with E-state index in [0.717, 1.165) is 18.4 Å². The Morgan fingerprint density at radius 1 is 1.19 bits per heavy atom. The fraction of sp³-hybridized carbons (Fsp3) is 0.444. The van der Waals surface area contributed by atoms with Gasteiger partial charge in [-0.15, -0.1) is 0 Å². The summed E-state index contributed by atoms with van der Waals surface area (Å²) in [5.41, 5.74) is 2.32. The number of methoxy groups -OCH3 is 1. The molecule has 0 aromatic heterocycles. The molecule has 3 heteroatoms. The number of ether oxygens (including phenoxy) is 1. The smallest absolute Gasteiger partial charge is 0.316 e. The lowest BCUT2D eigenvalue weighted by molar-refractivity contribution is -0.150. The Kier molecular flexibility index (Phi) is 5.32. The second kappa shape index (κ2) is 7.21. The first kappa shape index (κ1) is 15.5. The van der Waals surface area contributed by atoms with Gasteiger partial charge in [0.2, 0.25) is 0 Å². The number of rotatable bonds is 2. The maximum absolute atomic E-state index is 12.5. The van der Waals surface area contributed by atoms with Gasteiger partial charge in [-0.3, -0.25) is 9.59 Å². The molecule has 0 spiro atoms. The van der Waals surface area contributed by atoms with Crippen LogP contribution in [0.25, 0.3) is 0 Å². The monoisotopic (exact) mass is 286 g/mol. The molecular formula is C18H22O3. The standard InChI is InChI=1S/C18H22O3/c1-13-7-6-10-16(19)17(18(20)21-2)15(12-11-13)14-8-4-3-5-9-14/h3-5,7-9,15,17H,6,10-12H2,1-2H3/t15-,17-/m1/s1. The Hall–Kier alpha value is -1.90. The lowest BCUT2D eigenvalue weighted by Gasteiger charge is -2.24. The largest absolute Gasteiger partial charge is 0.468 e. The van der Waals surface area contributed by atoms with Gasteiger partial charge >= 0.3 is 5.97 Å². The van der Waals surface area contributed by atoms with Gasteiger partial charge in [0.05, 0.1) is 7.11 Å². The van der Waals surface area contributed by atoms with Gasteiger partial charge in [-0.25, -0.2) is 0 Å². The predicted molar refractivity (Wildman–Crippen MR) is 81.9 cm³/mol. The molecule has 112 valence electrons. The normalized spacial score (nSPS) is 23.5. The third-order valence-corrected chi connectivity index (χ3v) is 4.17. The summed E-state index contributed by atoms with van der Waals surface area (Å²) in [5, 5.41) is 0. The van der Waals surface area contributed by atoms with Gasteiger partial charge in [0.1, 0.15) is 11.7 Å². The Labute approximate surface area is 126 Å². The summed E-state index contributed by atoms with van der Waals surface area (Å²) in [7, 11) is 1.35. The zero-order valence-electron chi connectivity index (χ0n) is 12.7. The lowest BCUT2D eigenvalue weighted by Crippen LogP contribution is -2.31. The number of allylic oxidation sites excluding steroid dienone is 2. The van der Waals surface area contributed by atoms with E-state index in [4.69, 9.17) is 4.74 Å². The summed E-state index contributed by atoms with van der Waals surface area (Å²) in [6.45, 7) is 2.09. The molecule has 0 saturated heterocycles. The number of ketones is 1. The van der Waals surface area contributed by atoms with E-state index in [2.05, 4.69) is 13.0 Å². The Bertz CT molecular complexity index is 531. The average Bonchev–Trinajstić information content (AvgIpc) is 2.57. The van der Waals surface area contributed by atoms with Crippen LogP contribution < -0.4 is 0 Å². The topological polar surface area (TPSA) is 43.4 Å². The summed E-state index contributed by atoms with van der Waals surface area (Å²) in [4.78, 5) is 24.6. The molecule has 0 amide bonds. The Morgan fingerprint density at radius 3 is 2.57 bits per heavy atom. The van der Waals surface area contributed by atoms with E-state index in [1.165, 1.54) is 12.7 Å². The van der Waals surface area contributed by atoms with Crippen molar-refractivity contribution >= 4 is 11.8 Å². The van der Waals surface area contributed by atoms with Gasteiger partial charge in [-0.2, -0.15) is 0 Å². The minimum atomic E-state index is -0.684. The van der Waals surface area contributed by atoms with Crippen molar-refractivity contribution in [2.24, 2.45) is 5.92 Å². The molecule has 0 aliphatic heterocycles. The molecule has 1 aliphatic carbocycles. The van der Waals surface area contributed by atoms with Crippen molar-refractivity contribution in [2.75, 3.05) is 7.11 Å². The number of benzene rings is 1. The summed E-state index contributed by atoms with van der Waals surface area (Å²) in [6.07, 6.45) is 4.91. The van der Waals surface area contributed by atoms with Gasteiger partial charge in [0, 0.05) is 12.3 Å². The highest BCUT2D eigenvalue weighted by molar-refractivity contribution is 6.00. The van der Waals surface area contributed by atoms with Gasteiger partial charge in [0.25, 0.3) is 0 Å². The molecule has 0 bridgehead atoms. The third-order valence-electron chi connectivity index (χ3n) is 4.17. The van der Waals surface area contributed by atoms with Gasteiger partial charge in [-0.1, -0.05) is 42.0 Å². The zero-order chi connectivity index (χ0) is 15.2. The maximum Gasteiger partial charge on any atom is 0.316 e. The molecule has 0 saturated carbocycles. The second-order valence-electron chi connectivity index (χ2n) is 5.61. The highest BCUT2D eigenvalue weighted by Gasteiger charge is 2.36. The number of esters is 1. The van der Waals surface area contributed by atoms with Crippen LogP contribution in [0.15, 0.2) is 42.0 Å². The van der Waals surface area contributed by atoms with Crippen molar-refractivity contribution in [2.45, 2.75) is 38.5 Å². The van der Waals surface area contributed by atoms with Crippen LogP contribution in [0, 0.1) is 5.92 Å². The van der Waals surface area contributed by atoms with Crippen LogP contribution in [0.1, 0.15) is 44.1 Å². The van der Waals surface area contributed by atoms with Crippen LogP contribution in [0.5, 0.6) is 0 Å². The fourth-order valence-electron chi connectivity index (χ4n) is 2.97. The van der Waals surface area contributed by atoms with Gasteiger partial charge < -0.3 is 4.74 Å². The number of hydrogen-bond acceptors (Lipinski definition) is 3. The summed E-state index contributed by atoms with van der Waals surface area (Å²) in [6, 6.07) is 9.82. The van der Waals surface area contributed by atoms with E-state index in [9.17, 15) is 9.59 Å². The Balaban J connectivity index is 2.38. The van der Waals surface area contributed by atoms with Crippen molar-refractivity contribution in [3.8, 4) is 0 Å². The molecule has 3 nitrogen and oxygen atoms in total. The van der Waals surface area contributed by atoms with E-state index in [0.29, 0.717) is 12.8 Å². The molecule has 1 aromatic rings. The highest BCUT2D eigenvalue weighted by Crippen LogP contribution is 2.34. The molecule has 2 rings (SSSR count). The molecule has 0 N–H and O–H groups in total. The minimum Gasteiger partial charge on any atom is -0.468 e. The number of carbonyl (C=O) groups is 2. The van der Waals surface area contributed by atoms with E-state index >= 15 is 0 Å². The molecule has 0 heterocycles. The first-order valence-corrected chi connectivity index (χ1v) is 7.44. The second-order valence-corrected chi connectivity index (χ2v) is 5.61. The van der Waals surface area contributed by atoms with E-state index in [1.54, 1.807) is 0 Å². The lowest BCUT2D eigenvalue weighted by atomic mass is 9.79. The molecular weight excluding hydrogens is 264 g/mol. The van der Waals surface area contributed by atoms with Gasteiger partial charge in [0.15, 0.2) is 0 Å². The summed E-state index contributed by atoms with van der Waals surface area (Å²) in [5.74, 6) is -1.21. The van der Waals surface area contributed by atoms with Crippen molar-refractivity contribution in [1.29, 1.82) is 0 Å². The van der Waals surface area contributed by atoms with Crippen LogP contribution in [0.3, 0.4) is 0 Å². The van der Waals surface area contributed by atoms with Crippen molar-refractivity contribution in [1.82, 2.24) is 0 Å². The average molecular weight is 286 g/mol. The Morgan fingerprint density at radius 2 is 1.90 bits per heavy atom. The van der Waals surface area contributed by atoms with Crippen LogP contribution in [-0.2, 0) is 14.3 Å². The van der Waals surface area contributed by atoms with Crippen LogP contribution in [0.2, 0.25) is 0 Å². The minimum absolute atomic E-state index is 0.0124. The molecule has 1 aromatic carbocycles. The van der Waals surface area contributed by atoms with Gasteiger partial charge in [-0.05, 0) is 31.7 Å². The quantitative estimate of drug-likeness (QED) is 0.473. The molecule has 0 fully saturated rings. The number of hydrogen-bond donors (Lipinski definition) is 0. The van der Waals surface area contributed by atoms with E-state index in [-0.39, 0.29) is 11.7 Å². The number of Topliss-reactive ketones (excluding diaryl/α,β-unsaturated/α-hetero) is 1. The van der Waals surface area contributed by atoms with Crippen LogP contribution in [-0.4, -0.2) is 18.9 Å². The molecule has 1 aliphatic rings. The van der Waals surface area contributed by atoms with Crippen molar-refractivity contribution in [3.05, 3.63) is 47.5 Å².